The van der Waals surface area contributed by atoms with Crippen molar-refractivity contribution in [2.24, 2.45) is 0 Å². The highest BCUT2D eigenvalue weighted by Gasteiger charge is 2.21. The largest absolute Gasteiger partial charge is 0.477 e. The Bertz CT molecular complexity index is 693. The van der Waals surface area contributed by atoms with Crippen molar-refractivity contribution >= 4 is 17.5 Å². The van der Waals surface area contributed by atoms with Crippen molar-refractivity contribution < 1.29 is 14.8 Å². The number of nitrogens with two attached hydrogens (primary N) is 1. The van der Waals surface area contributed by atoms with Gasteiger partial charge in [0.25, 0.3) is 5.69 Å². The number of rotatable bonds is 4. The molecule has 0 amide bonds. The van der Waals surface area contributed by atoms with Gasteiger partial charge >= 0.3 is 5.97 Å². The third-order valence-electron chi connectivity index (χ3n) is 2.83. The highest BCUT2D eigenvalue weighted by molar-refractivity contribution is 5.94. The van der Waals surface area contributed by atoms with Crippen LogP contribution in [0.1, 0.15) is 23.0 Å². The zero-order chi connectivity index (χ0) is 14.9. The number of hydrogen-bond acceptors (Lipinski definition) is 5. The number of nitrogen functional groups attached to an aromatic ring is 1. The molecule has 0 saturated carbocycles. The molecular weight excluding hydrogens is 264 g/mol. The highest BCUT2D eigenvalue weighted by Crippen LogP contribution is 2.24. The fourth-order valence-electron chi connectivity index (χ4n) is 1.89. The molecule has 0 saturated heterocycles. The number of benzene rings is 1. The second kappa shape index (κ2) is 5.00. The summed E-state index contributed by atoms with van der Waals surface area (Å²) >= 11 is 0. The molecule has 0 unspecified atom stereocenters. The maximum atomic E-state index is 11.2. The van der Waals surface area contributed by atoms with Gasteiger partial charge in [-0.05, 0) is 12.5 Å². The molecule has 1 aromatic heterocycles. The van der Waals surface area contributed by atoms with Crippen molar-refractivity contribution in [3.8, 4) is 5.69 Å². The number of carboxylic acids is 1. The average Bonchev–Trinajstić information content (AvgIpc) is 2.75. The van der Waals surface area contributed by atoms with Gasteiger partial charge in [0.15, 0.2) is 0 Å². The van der Waals surface area contributed by atoms with Crippen LogP contribution in [0.4, 0.5) is 11.5 Å². The Labute approximate surface area is 113 Å². The molecule has 0 spiro atoms. The molecule has 0 fully saturated rings. The van der Waals surface area contributed by atoms with Gasteiger partial charge in [-0.15, -0.1) is 0 Å². The van der Waals surface area contributed by atoms with E-state index >= 15 is 0 Å². The summed E-state index contributed by atoms with van der Waals surface area (Å²) < 4.78 is 1.20. The minimum atomic E-state index is -1.17. The summed E-state index contributed by atoms with van der Waals surface area (Å²) in [4.78, 5) is 21.4. The SMILES string of the molecule is CCc1nn(-c2cccc([N+](=O)[O-])c2)c(N)c1C(=O)O. The Morgan fingerprint density at radius 2 is 2.25 bits per heavy atom. The van der Waals surface area contributed by atoms with Gasteiger partial charge in [0.05, 0.1) is 16.3 Å². The number of carboxylic acid groups (broad SMARTS) is 1. The molecule has 104 valence electrons. The van der Waals surface area contributed by atoms with E-state index in [0.717, 1.165) is 0 Å². The lowest BCUT2D eigenvalue weighted by molar-refractivity contribution is -0.384. The van der Waals surface area contributed by atoms with Crippen molar-refractivity contribution in [2.75, 3.05) is 5.73 Å². The van der Waals surface area contributed by atoms with Crippen molar-refractivity contribution in [3.05, 3.63) is 45.6 Å². The molecule has 3 N–H and O–H groups in total. The molecule has 0 aliphatic carbocycles. The highest BCUT2D eigenvalue weighted by atomic mass is 16.6. The number of aromatic carboxylic acids is 1. The third-order valence-corrected chi connectivity index (χ3v) is 2.83. The number of hydrogen-bond donors (Lipinski definition) is 2. The van der Waals surface area contributed by atoms with E-state index in [1.807, 2.05) is 0 Å². The van der Waals surface area contributed by atoms with E-state index in [-0.39, 0.29) is 17.1 Å². The fraction of sp³-hybridized carbons (Fsp3) is 0.167. The van der Waals surface area contributed by atoms with E-state index < -0.39 is 10.9 Å². The van der Waals surface area contributed by atoms with Crippen LogP contribution in [0.15, 0.2) is 24.3 Å². The maximum absolute atomic E-state index is 11.2. The van der Waals surface area contributed by atoms with Crippen LogP contribution >= 0.6 is 0 Å². The molecule has 0 aliphatic rings. The van der Waals surface area contributed by atoms with Crippen LogP contribution in [0.2, 0.25) is 0 Å². The van der Waals surface area contributed by atoms with E-state index in [1.54, 1.807) is 13.0 Å². The lowest BCUT2D eigenvalue weighted by Crippen LogP contribution is -2.06. The second-order valence-electron chi connectivity index (χ2n) is 4.05. The number of nitrogens with zero attached hydrogens (tertiary/aromatic N) is 3. The summed E-state index contributed by atoms with van der Waals surface area (Å²) in [5.41, 5.74) is 6.28. The predicted octanol–water partition coefficient (Wildman–Crippen LogP) is 1.62. The minimum Gasteiger partial charge on any atom is -0.477 e. The molecule has 0 atom stereocenters. The monoisotopic (exact) mass is 276 g/mol. The van der Waals surface area contributed by atoms with Gasteiger partial charge in [-0.3, -0.25) is 10.1 Å². The zero-order valence-electron chi connectivity index (χ0n) is 10.6. The molecule has 20 heavy (non-hydrogen) atoms. The van der Waals surface area contributed by atoms with Gasteiger partial charge in [-0.25, -0.2) is 9.48 Å². The average molecular weight is 276 g/mol. The van der Waals surface area contributed by atoms with E-state index in [2.05, 4.69) is 5.10 Å². The number of non-ortho nitro benzene ring substituents is 1. The number of aromatic nitrogens is 2. The van der Waals surface area contributed by atoms with Crippen molar-refractivity contribution in [1.29, 1.82) is 0 Å². The van der Waals surface area contributed by atoms with Gasteiger partial charge in [-0.2, -0.15) is 5.10 Å². The van der Waals surface area contributed by atoms with Gasteiger partial charge in [0.2, 0.25) is 0 Å². The third kappa shape index (κ3) is 2.18. The molecule has 1 aromatic carbocycles. The van der Waals surface area contributed by atoms with Crippen molar-refractivity contribution in [2.45, 2.75) is 13.3 Å². The van der Waals surface area contributed by atoms with Crippen LogP contribution in [0, 0.1) is 10.1 Å². The van der Waals surface area contributed by atoms with Crippen molar-refractivity contribution in [3.63, 3.8) is 0 Å². The summed E-state index contributed by atoms with van der Waals surface area (Å²) in [7, 11) is 0. The Kier molecular flexibility index (Phi) is 3.38. The van der Waals surface area contributed by atoms with Crippen LogP contribution in [-0.2, 0) is 6.42 Å². The summed E-state index contributed by atoms with van der Waals surface area (Å²) in [6, 6.07) is 5.68. The standard InChI is InChI=1S/C12H12N4O4/c1-2-9-10(12(17)18)11(13)15(14-9)7-4-3-5-8(6-7)16(19)20/h3-6H,2,13H2,1H3,(H,17,18). The predicted molar refractivity (Wildman–Crippen MR) is 71.0 cm³/mol. The summed E-state index contributed by atoms with van der Waals surface area (Å²) in [6.45, 7) is 1.76. The zero-order valence-corrected chi connectivity index (χ0v) is 10.6. The molecule has 0 bridgehead atoms. The topological polar surface area (TPSA) is 124 Å². The number of aryl methyl sites for hydroxylation is 1. The Balaban J connectivity index is 2.61. The number of nitro groups is 1. The normalized spacial score (nSPS) is 10.4. The molecule has 2 aromatic rings. The van der Waals surface area contributed by atoms with Gasteiger partial charge < -0.3 is 10.8 Å². The van der Waals surface area contributed by atoms with E-state index in [4.69, 9.17) is 10.8 Å². The summed E-state index contributed by atoms with van der Waals surface area (Å²) in [5.74, 6) is -1.22. The summed E-state index contributed by atoms with van der Waals surface area (Å²) in [6.07, 6.45) is 0.397. The quantitative estimate of drug-likeness (QED) is 0.645. The summed E-state index contributed by atoms with van der Waals surface area (Å²) in [5, 5.41) is 24.0. The van der Waals surface area contributed by atoms with Gasteiger partial charge in [0.1, 0.15) is 11.4 Å². The molecule has 8 nitrogen and oxygen atoms in total. The Morgan fingerprint density at radius 1 is 1.55 bits per heavy atom. The number of nitro benzene ring substituents is 1. The van der Waals surface area contributed by atoms with E-state index in [9.17, 15) is 14.9 Å². The van der Waals surface area contributed by atoms with Crippen LogP contribution in [0.5, 0.6) is 0 Å². The second-order valence-corrected chi connectivity index (χ2v) is 4.05. The van der Waals surface area contributed by atoms with Gasteiger partial charge in [0, 0.05) is 12.1 Å². The molecule has 0 aliphatic heterocycles. The number of anilines is 1. The minimum absolute atomic E-state index is 0.0464. The molecule has 0 radical (unpaired) electrons. The van der Waals surface area contributed by atoms with Gasteiger partial charge in [-0.1, -0.05) is 13.0 Å². The first-order valence-corrected chi connectivity index (χ1v) is 5.81. The Hall–Kier alpha value is -2.90. The molecule has 2 rings (SSSR count). The Morgan fingerprint density at radius 3 is 2.75 bits per heavy atom. The molecule has 1 heterocycles. The smallest absolute Gasteiger partial charge is 0.341 e. The maximum Gasteiger partial charge on any atom is 0.341 e. The van der Waals surface area contributed by atoms with E-state index in [1.165, 1.54) is 22.9 Å². The van der Waals surface area contributed by atoms with Crippen LogP contribution in [0.3, 0.4) is 0 Å². The first-order chi connectivity index (χ1) is 9.45. The van der Waals surface area contributed by atoms with Crippen molar-refractivity contribution in [1.82, 2.24) is 9.78 Å². The first-order valence-electron chi connectivity index (χ1n) is 5.81. The lowest BCUT2D eigenvalue weighted by Gasteiger charge is -2.03. The molecule has 8 heteroatoms. The first kappa shape index (κ1) is 13.5. The fourth-order valence-corrected chi connectivity index (χ4v) is 1.89. The molecular formula is C12H12N4O4. The van der Waals surface area contributed by atoms with Crippen LogP contribution in [0.25, 0.3) is 5.69 Å². The van der Waals surface area contributed by atoms with Crippen LogP contribution < -0.4 is 5.73 Å². The number of carbonyl (C=O) groups is 1. The van der Waals surface area contributed by atoms with E-state index in [0.29, 0.717) is 17.8 Å². The lowest BCUT2D eigenvalue weighted by atomic mass is 10.2. The van der Waals surface area contributed by atoms with Crippen LogP contribution in [-0.4, -0.2) is 25.8 Å².